The summed E-state index contributed by atoms with van der Waals surface area (Å²) in [6.45, 7) is 5.86. The zero-order valence-electron chi connectivity index (χ0n) is 20.8. The Balaban J connectivity index is 0. The third-order valence-electron chi connectivity index (χ3n) is 4.87. The maximum Gasteiger partial charge on any atom is 0.222 e. The highest BCUT2D eigenvalue weighted by Gasteiger charge is 2.10. The molecule has 0 spiro atoms. The quantitative estimate of drug-likeness (QED) is 0.251. The first-order chi connectivity index (χ1) is 14.6. The number of aliphatic carboxylic acids is 1. The van der Waals surface area contributed by atoms with Crippen molar-refractivity contribution in [3.8, 4) is 0 Å². The lowest BCUT2D eigenvalue weighted by molar-refractivity contribution is -0.471. The number of aliphatic hydroxyl groups is 1. The van der Waals surface area contributed by atoms with Crippen LogP contribution < -0.4 is 10.8 Å². The lowest BCUT2D eigenvalue weighted by Crippen LogP contribution is -2.71. The van der Waals surface area contributed by atoms with Gasteiger partial charge in [0.25, 0.3) is 0 Å². The van der Waals surface area contributed by atoms with Gasteiger partial charge in [0.2, 0.25) is 5.91 Å². The van der Waals surface area contributed by atoms with E-state index in [9.17, 15) is 14.7 Å². The summed E-state index contributed by atoms with van der Waals surface area (Å²) in [5.74, 6) is -1.32. The summed E-state index contributed by atoms with van der Waals surface area (Å²) in [6, 6.07) is 0. The van der Waals surface area contributed by atoms with Crippen molar-refractivity contribution in [2.45, 2.75) is 116 Å². The smallest absolute Gasteiger partial charge is 0.222 e. The van der Waals surface area contributed by atoms with Gasteiger partial charge < -0.3 is 25.6 Å². The fourth-order valence-electron chi connectivity index (χ4n) is 2.82. The SMILES string of the molecule is CC(C)([NH3+])CO.CCCCCCCCC=CCCCCCCCC(=O)N(C)CC(=O)[O-]. The second-order valence-corrected chi connectivity index (χ2v) is 9.28. The van der Waals surface area contributed by atoms with Gasteiger partial charge in [-0.2, -0.15) is 0 Å². The van der Waals surface area contributed by atoms with Crippen LogP contribution in [0.15, 0.2) is 12.2 Å². The second-order valence-electron chi connectivity index (χ2n) is 9.28. The van der Waals surface area contributed by atoms with E-state index in [0.717, 1.165) is 25.7 Å². The molecular weight excluding hydrogens is 392 g/mol. The number of allylic oxidation sites excluding steroid dienone is 2. The van der Waals surface area contributed by atoms with Crippen molar-refractivity contribution in [3.63, 3.8) is 0 Å². The van der Waals surface area contributed by atoms with Gasteiger partial charge in [-0.1, -0.05) is 70.4 Å². The van der Waals surface area contributed by atoms with E-state index in [2.05, 4.69) is 24.8 Å². The molecule has 0 bridgehead atoms. The Kier molecular flexibility index (Phi) is 22.4. The van der Waals surface area contributed by atoms with Gasteiger partial charge in [0.05, 0.1) is 19.1 Å². The van der Waals surface area contributed by atoms with Crippen molar-refractivity contribution in [1.82, 2.24) is 4.90 Å². The largest absolute Gasteiger partial charge is 0.548 e. The van der Waals surface area contributed by atoms with Crippen molar-refractivity contribution in [2.24, 2.45) is 0 Å². The number of rotatable bonds is 18. The number of carboxylic acid groups (broad SMARTS) is 1. The number of hydrogen-bond donors (Lipinski definition) is 2. The maximum atomic E-state index is 11.6. The van der Waals surface area contributed by atoms with Crippen LogP contribution in [0.25, 0.3) is 0 Å². The molecular formula is C25H50N2O4. The Morgan fingerprint density at radius 2 is 1.32 bits per heavy atom. The third kappa shape index (κ3) is 28.6. The molecule has 31 heavy (non-hydrogen) atoms. The fraction of sp³-hybridized carbons (Fsp3) is 0.840. The average molecular weight is 443 g/mol. The molecule has 0 aliphatic rings. The van der Waals surface area contributed by atoms with E-state index in [0.29, 0.717) is 6.42 Å². The normalized spacial score (nSPS) is 11.3. The summed E-state index contributed by atoms with van der Waals surface area (Å²) in [7, 11) is 1.51. The predicted molar refractivity (Wildman–Crippen MR) is 126 cm³/mol. The van der Waals surface area contributed by atoms with E-state index in [1.807, 2.05) is 13.8 Å². The third-order valence-corrected chi connectivity index (χ3v) is 4.87. The number of carbonyl (C=O) groups is 2. The number of unbranched alkanes of at least 4 members (excludes halogenated alkanes) is 11. The average Bonchev–Trinajstić information content (AvgIpc) is 2.70. The van der Waals surface area contributed by atoms with Crippen LogP contribution in [-0.4, -0.2) is 47.6 Å². The number of likely N-dealkylation sites (N-methyl/N-ethyl adjacent to an activating group) is 1. The molecule has 0 aliphatic carbocycles. The molecule has 0 rings (SSSR count). The van der Waals surface area contributed by atoms with Gasteiger partial charge >= 0.3 is 0 Å². The summed E-state index contributed by atoms with van der Waals surface area (Å²) in [6.07, 6.45) is 21.0. The summed E-state index contributed by atoms with van der Waals surface area (Å²) in [5.41, 5.74) is 3.49. The maximum absolute atomic E-state index is 11.6. The first-order valence-electron chi connectivity index (χ1n) is 12.2. The molecule has 0 fully saturated rings. The van der Waals surface area contributed by atoms with Crippen molar-refractivity contribution in [3.05, 3.63) is 12.2 Å². The molecule has 0 aromatic rings. The van der Waals surface area contributed by atoms with E-state index in [1.54, 1.807) is 0 Å². The topological polar surface area (TPSA) is 108 Å². The Morgan fingerprint density at radius 3 is 1.74 bits per heavy atom. The molecule has 0 aromatic carbocycles. The summed E-state index contributed by atoms with van der Waals surface area (Å²) < 4.78 is 0. The minimum atomic E-state index is -1.21. The number of carboxylic acids is 1. The number of carbonyl (C=O) groups excluding carboxylic acids is 2. The van der Waals surface area contributed by atoms with Crippen LogP contribution in [0.2, 0.25) is 0 Å². The van der Waals surface area contributed by atoms with Gasteiger partial charge in [-0.25, -0.2) is 0 Å². The molecule has 0 heterocycles. The Labute approximate surface area is 191 Å². The minimum Gasteiger partial charge on any atom is -0.548 e. The highest BCUT2D eigenvalue weighted by molar-refractivity contribution is 5.80. The molecule has 0 radical (unpaired) electrons. The van der Waals surface area contributed by atoms with Gasteiger partial charge in [0, 0.05) is 13.5 Å². The van der Waals surface area contributed by atoms with Crippen molar-refractivity contribution in [1.29, 1.82) is 0 Å². The lowest BCUT2D eigenvalue weighted by atomic mass is 10.1. The first kappa shape index (κ1) is 31.8. The highest BCUT2D eigenvalue weighted by atomic mass is 16.4. The standard InChI is InChI=1S/C21H39NO3.C4H11NO/c1-3-4-5-6-7-8-9-10-11-12-13-14-15-16-17-18-20(23)22(2)19-21(24)25;1-4(2,5)3-6/h10-11H,3-9,12-19H2,1-2H3,(H,24,25);6H,3,5H2,1-2H3. The van der Waals surface area contributed by atoms with Gasteiger partial charge in [0.1, 0.15) is 5.54 Å². The van der Waals surface area contributed by atoms with Crippen molar-refractivity contribution >= 4 is 11.9 Å². The van der Waals surface area contributed by atoms with Crippen LogP contribution in [-0.2, 0) is 9.59 Å². The van der Waals surface area contributed by atoms with Gasteiger partial charge in [0.15, 0.2) is 0 Å². The number of amides is 1. The number of aliphatic hydroxyl groups excluding tert-OH is 1. The summed E-state index contributed by atoms with van der Waals surface area (Å²) in [5, 5.41) is 18.8. The molecule has 0 saturated heterocycles. The lowest BCUT2D eigenvalue weighted by Gasteiger charge is -2.17. The molecule has 0 saturated carbocycles. The molecule has 6 heteroatoms. The first-order valence-corrected chi connectivity index (χ1v) is 12.2. The van der Waals surface area contributed by atoms with Crippen LogP contribution in [0, 0.1) is 0 Å². The van der Waals surface area contributed by atoms with Crippen molar-refractivity contribution in [2.75, 3.05) is 20.2 Å². The van der Waals surface area contributed by atoms with E-state index in [-0.39, 0.29) is 24.6 Å². The number of nitrogens with zero attached hydrogens (tertiary/aromatic N) is 1. The monoisotopic (exact) mass is 442 g/mol. The van der Waals surface area contributed by atoms with Crippen molar-refractivity contribution < 1.29 is 25.5 Å². The van der Waals surface area contributed by atoms with Crippen LogP contribution in [0.3, 0.4) is 0 Å². The van der Waals surface area contributed by atoms with Crippen LogP contribution in [0.4, 0.5) is 0 Å². The zero-order valence-corrected chi connectivity index (χ0v) is 20.8. The highest BCUT2D eigenvalue weighted by Crippen LogP contribution is 2.10. The molecule has 0 unspecified atom stereocenters. The summed E-state index contributed by atoms with van der Waals surface area (Å²) in [4.78, 5) is 23.3. The van der Waals surface area contributed by atoms with Crippen LogP contribution in [0.5, 0.6) is 0 Å². The van der Waals surface area contributed by atoms with Gasteiger partial charge in [-0.3, -0.25) is 4.79 Å². The minimum absolute atomic E-state index is 0.109. The second kappa shape index (κ2) is 21.8. The van der Waals surface area contributed by atoms with Crippen LogP contribution in [0.1, 0.15) is 111 Å². The van der Waals surface area contributed by atoms with E-state index in [1.165, 1.54) is 69.7 Å². The predicted octanol–water partition coefficient (Wildman–Crippen LogP) is 3.23. The molecule has 0 atom stereocenters. The number of hydrogen-bond acceptors (Lipinski definition) is 4. The molecule has 0 aromatic heterocycles. The molecule has 6 nitrogen and oxygen atoms in total. The fourth-order valence-corrected chi connectivity index (χ4v) is 2.82. The van der Waals surface area contributed by atoms with Gasteiger partial charge in [-0.05, 0) is 46.0 Å². The number of quaternary nitrogens is 1. The van der Waals surface area contributed by atoms with Crippen LogP contribution >= 0.6 is 0 Å². The Bertz CT molecular complexity index is 459. The molecule has 1 amide bonds. The van der Waals surface area contributed by atoms with E-state index < -0.39 is 5.97 Å². The molecule has 0 aliphatic heterocycles. The Hall–Kier alpha value is -1.40. The van der Waals surface area contributed by atoms with E-state index >= 15 is 0 Å². The zero-order chi connectivity index (χ0) is 24.0. The summed E-state index contributed by atoms with van der Waals surface area (Å²) >= 11 is 0. The molecule has 184 valence electrons. The van der Waals surface area contributed by atoms with E-state index in [4.69, 9.17) is 5.11 Å². The van der Waals surface area contributed by atoms with Gasteiger partial charge in [-0.15, -0.1) is 0 Å². The Morgan fingerprint density at radius 1 is 0.903 bits per heavy atom. The molecule has 4 N–H and O–H groups in total.